The Morgan fingerprint density at radius 1 is 1.06 bits per heavy atom. The van der Waals surface area contributed by atoms with Crippen LogP contribution < -0.4 is 0 Å². The molecule has 0 aliphatic rings. The van der Waals surface area contributed by atoms with Crippen molar-refractivity contribution < 1.29 is 46.9 Å². The van der Waals surface area contributed by atoms with E-state index in [0.29, 0.717) is 13.0 Å². The molecule has 110 valence electrons. The number of hydrogen-bond donors (Lipinski definition) is 4. The van der Waals surface area contributed by atoms with Crippen LogP contribution >= 0.6 is 0 Å². The van der Waals surface area contributed by atoms with E-state index in [1.54, 1.807) is 34.6 Å². The fraction of sp³-hybridized carbons (Fsp3) is 1.00. The first-order valence-corrected chi connectivity index (χ1v) is 5.96. The average Bonchev–Trinajstić information content (AvgIpc) is 1.97. The standard InChI is InChI=1S/C6H14O3.C6H14O2.Ti/c1-3-9-6(8)4-5(2)7;1-5(7)4-6(2,3)8;/h5-8H,3-4H2,1-2H3;5,7-8H,4H2,1-3H3;. The van der Waals surface area contributed by atoms with Crippen LogP contribution in [0.15, 0.2) is 0 Å². The second-order valence-electron chi connectivity index (χ2n) is 4.86. The van der Waals surface area contributed by atoms with Gasteiger partial charge in [0.2, 0.25) is 0 Å². The molecule has 0 radical (unpaired) electrons. The molecule has 0 rings (SSSR count). The van der Waals surface area contributed by atoms with E-state index in [1.807, 2.05) is 0 Å². The Morgan fingerprint density at radius 3 is 1.67 bits per heavy atom. The zero-order valence-electron chi connectivity index (χ0n) is 12.1. The molecule has 5 nitrogen and oxygen atoms in total. The molecule has 0 amide bonds. The molecular formula is C12H28O5Ti. The van der Waals surface area contributed by atoms with Crippen LogP contribution in [-0.4, -0.2) is 51.1 Å². The van der Waals surface area contributed by atoms with Gasteiger partial charge in [-0.2, -0.15) is 0 Å². The molecule has 3 unspecified atom stereocenters. The smallest absolute Gasteiger partial charge is 0.156 e. The summed E-state index contributed by atoms with van der Waals surface area (Å²) in [7, 11) is 0. The SMILES string of the molecule is CC(O)CC(C)(C)O.CCOC(O)CC(C)O.[Ti]. The van der Waals surface area contributed by atoms with Gasteiger partial charge < -0.3 is 25.2 Å². The average molecular weight is 300 g/mol. The van der Waals surface area contributed by atoms with Gasteiger partial charge in [-0.25, -0.2) is 0 Å². The number of aliphatic hydroxyl groups excluding tert-OH is 3. The van der Waals surface area contributed by atoms with Gasteiger partial charge in [-0.1, -0.05) is 0 Å². The van der Waals surface area contributed by atoms with Gasteiger partial charge in [0.25, 0.3) is 0 Å². The largest absolute Gasteiger partial charge is 0.393 e. The van der Waals surface area contributed by atoms with Crippen LogP contribution in [0, 0.1) is 0 Å². The predicted molar refractivity (Wildman–Crippen MR) is 66.5 cm³/mol. The minimum absolute atomic E-state index is 0. The first-order valence-electron chi connectivity index (χ1n) is 5.96. The van der Waals surface area contributed by atoms with E-state index in [9.17, 15) is 0 Å². The summed E-state index contributed by atoms with van der Waals surface area (Å²) in [5, 5.41) is 35.3. The maximum absolute atomic E-state index is 9.03. The molecule has 4 N–H and O–H groups in total. The molecule has 3 atom stereocenters. The maximum atomic E-state index is 9.03. The molecular weight excluding hydrogens is 272 g/mol. The van der Waals surface area contributed by atoms with E-state index >= 15 is 0 Å². The van der Waals surface area contributed by atoms with Crippen LogP contribution in [0.4, 0.5) is 0 Å². The summed E-state index contributed by atoms with van der Waals surface area (Å²) in [6, 6.07) is 0. The van der Waals surface area contributed by atoms with E-state index in [1.165, 1.54) is 0 Å². The maximum Gasteiger partial charge on any atom is 0.156 e. The Balaban J connectivity index is -0.000000238. The van der Waals surface area contributed by atoms with Crippen molar-refractivity contribution in [3.05, 3.63) is 0 Å². The van der Waals surface area contributed by atoms with Gasteiger partial charge in [-0.3, -0.25) is 0 Å². The van der Waals surface area contributed by atoms with Crippen LogP contribution in [0.5, 0.6) is 0 Å². The van der Waals surface area contributed by atoms with E-state index in [4.69, 9.17) is 25.2 Å². The van der Waals surface area contributed by atoms with Gasteiger partial charge in [0.1, 0.15) is 0 Å². The zero-order chi connectivity index (χ0) is 14.1. The molecule has 0 saturated heterocycles. The predicted octanol–water partition coefficient (Wildman–Crippen LogP) is 0.638. The number of ether oxygens (including phenoxy) is 1. The van der Waals surface area contributed by atoms with Gasteiger partial charge in [0.15, 0.2) is 6.29 Å². The molecule has 0 heterocycles. The summed E-state index contributed by atoms with van der Waals surface area (Å²) >= 11 is 0. The van der Waals surface area contributed by atoms with Crippen molar-refractivity contribution in [2.24, 2.45) is 0 Å². The molecule has 0 spiro atoms. The molecule has 0 aromatic heterocycles. The van der Waals surface area contributed by atoms with Gasteiger partial charge in [-0.15, -0.1) is 0 Å². The van der Waals surface area contributed by atoms with Crippen molar-refractivity contribution in [1.82, 2.24) is 0 Å². The second-order valence-corrected chi connectivity index (χ2v) is 4.86. The van der Waals surface area contributed by atoms with Crippen molar-refractivity contribution >= 4 is 0 Å². The second kappa shape index (κ2) is 12.5. The van der Waals surface area contributed by atoms with Crippen molar-refractivity contribution in [2.75, 3.05) is 6.61 Å². The molecule has 0 saturated carbocycles. The van der Waals surface area contributed by atoms with Crippen molar-refractivity contribution in [3.8, 4) is 0 Å². The first-order chi connectivity index (χ1) is 7.58. The summed E-state index contributed by atoms with van der Waals surface area (Å²) in [4.78, 5) is 0. The molecule has 0 bridgehead atoms. The topological polar surface area (TPSA) is 90.2 Å². The fourth-order valence-corrected chi connectivity index (χ4v) is 1.28. The molecule has 0 aromatic carbocycles. The molecule has 6 heteroatoms. The van der Waals surface area contributed by atoms with Gasteiger partial charge in [0, 0.05) is 41.2 Å². The van der Waals surface area contributed by atoms with E-state index in [0.717, 1.165) is 0 Å². The minimum Gasteiger partial charge on any atom is -0.393 e. The summed E-state index contributed by atoms with van der Waals surface area (Å²) in [5.74, 6) is 0. The quantitative estimate of drug-likeness (QED) is 0.427. The monoisotopic (exact) mass is 300 g/mol. The van der Waals surface area contributed by atoms with Crippen molar-refractivity contribution in [1.29, 1.82) is 0 Å². The molecule has 0 fully saturated rings. The molecule has 18 heavy (non-hydrogen) atoms. The fourth-order valence-electron chi connectivity index (χ4n) is 1.28. The van der Waals surface area contributed by atoms with E-state index in [2.05, 4.69) is 0 Å². The Labute approximate surface area is 125 Å². The van der Waals surface area contributed by atoms with Gasteiger partial charge in [-0.05, 0) is 34.6 Å². The van der Waals surface area contributed by atoms with Crippen LogP contribution in [0.2, 0.25) is 0 Å². The third-order valence-electron chi connectivity index (χ3n) is 1.70. The summed E-state index contributed by atoms with van der Waals surface area (Å²) in [6.07, 6.45) is -0.988. The third-order valence-corrected chi connectivity index (χ3v) is 1.70. The normalized spacial score (nSPS) is 15.8. The summed E-state index contributed by atoms with van der Waals surface area (Å²) in [5.41, 5.74) is -0.728. The molecule has 0 aromatic rings. The number of rotatable bonds is 6. The Hall–Kier alpha value is 0.514. The van der Waals surface area contributed by atoms with Crippen LogP contribution in [0.3, 0.4) is 0 Å². The third kappa shape index (κ3) is 25.4. The van der Waals surface area contributed by atoms with Crippen molar-refractivity contribution in [2.45, 2.75) is 71.6 Å². The van der Waals surface area contributed by atoms with Crippen LogP contribution in [0.25, 0.3) is 0 Å². The Bertz CT molecular complexity index is 168. The Morgan fingerprint density at radius 2 is 1.50 bits per heavy atom. The van der Waals surface area contributed by atoms with E-state index < -0.39 is 24.1 Å². The summed E-state index contributed by atoms with van der Waals surface area (Å²) in [6.45, 7) is 8.92. The minimum atomic E-state index is -0.810. The molecule has 0 aliphatic carbocycles. The van der Waals surface area contributed by atoms with Gasteiger partial charge in [0.05, 0.1) is 17.8 Å². The summed E-state index contributed by atoms with van der Waals surface area (Å²) < 4.78 is 4.75. The zero-order valence-corrected chi connectivity index (χ0v) is 13.6. The van der Waals surface area contributed by atoms with Crippen LogP contribution in [-0.2, 0) is 26.5 Å². The first kappa shape index (κ1) is 23.6. The van der Waals surface area contributed by atoms with Gasteiger partial charge >= 0.3 is 0 Å². The number of hydrogen-bond acceptors (Lipinski definition) is 5. The number of aliphatic hydroxyl groups is 4. The van der Waals surface area contributed by atoms with Crippen molar-refractivity contribution in [3.63, 3.8) is 0 Å². The van der Waals surface area contributed by atoms with E-state index in [-0.39, 0.29) is 28.1 Å². The Kier molecular flexibility index (Phi) is 16.4. The molecule has 0 aliphatic heterocycles. The van der Waals surface area contributed by atoms with Crippen LogP contribution in [0.1, 0.15) is 47.5 Å².